The molecule has 1 amide bonds. The van der Waals surface area contributed by atoms with Crippen LogP contribution < -0.4 is 11.1 Å². The summed E-state index contributed by atoms with van der Waals surface area (Å²) in [6.45, 7) is 2.65. The van der Waals surface area contributed by atoms with Gasteiger partial charge in [0.05, 0.1) is 11.1 Å². The molecule has 0 aromatic heterocycles. The molecule has 0 unspecified atom stereocenters. The first kappa shape index (κ1) is 16.0. The minimum Gasteiger partial charge on any atom is -0.329 e. The van der Waals surface area contributed by atoms with Gasteiger partial charge in [0.25, 0.3) is 0 Å². The van der Waals surface area contributed by atoms with Crippen molar-refractivity contribution >= 4 is 45.8 Å². The quantitative estimate of drug-likeness (QED) is 0.744. The van der Waals surface area contributed by atoms with E-state index in [4.69, 9.17) is 17.3 Å². The number of hydrogen-bond acceptors (Lipinski definition) is 2. The second-order valence-electron chi connectivity index (χ2n) is 5.75. The fraction of sp³-hybridized carbons (Fsp3) is 0.533. The van der Waals surface area contributed by atoms with Gasteiger partial charge in [-0.25, -0.2) is 0 Å². The molecule has 5 heteroatoms. The average molecular weight is 407 g/mol. The van der Waals surface area contributed by atoms with Crippen LogP contribution in [0.25, 0.3) is 0 Å². The monoisotopic (exact) mass is 406 g/mol. The van der Waals surface area contributed by atoms with Crippen molar-refractivity contribution < 1.29 is 4.79 Å². The third-order valence-corrected chi connectivity index (χ3v) is 5.41. The molecule has 0 spiro atoms. The zero-order valence-electron chi connectivity index (χ0n) is 11.6. The van der Waals surface area contributed by atoms with E-state index >= 15 is 0 Å². The predicted molar refractivity (Wildman–Crippen MR) is 91.9 cm³/mol. The van der Waals surface area contributed by atoms with Crippen molar-refractivity contribution in [3.63, 3.8) is 0 Å². The van der Waals surface area contributed by atoms with E-state index in [9.17, 15) is 4.79 Å². The summed E-state index contributed by atoms with van der Waals surface area (Å²) in [7, 11) is 0. The molecule has 3 nitrogen and oxygen atoms in total. The number of anilines is 1. The summed E-state index contributed by atoms with van der Waals surface area (Å²) in [6.07, 6.45) is 3.89. The van der Waals surface area contributed by atoms with Gasteiger partial charge in [0.15, 0.2) is 0 Å². The van der Waals surface area contributed by atoms with Crippen LogP contribution in [0.2, 0.25) is 5.02 Å². The highest BCUT2D eigenvalue weighted by atomic mass is 127. The van der Waals surface area contributed by atoms with Crippen LogP contribution in [0.5, 0.6) is 0 Å². The second kappa shape index (κ2) is 6.62. The Morgan fingerprint density at radius 2 is 2.15 bits per heavy atom. The van der Waals surface area contributed by atoms with E-state index < -0.39 is 5.41 Å². The van der Waals surface area contributed by atoms with Gasteiger partial charge in [-0.2, -0.15) is 0 Å². The van der Waals surface area contributed by atoms with Crippen LogP contribution in [-0.2, 0) is 4.79 Å². The largest absolute Gasteiger partial charge is 0.329 e. The summed E-state index contributed by atoms with van der Waals surface area (Å²) in [5.41, 5.74) is 6.32. The molecular formula is C15H20ClIN2O. The van der Waals surface area contributed by atoms with Crippen LogP contribution in [0.1, 0.15) is 32.6 Å². The van der Waals surface area contributed by atoms with Crippen LogP contribution in [0.15, 0.2) is 18.2 Å². The molecular weight excluding hydrogens is 387 g/mol. The molecule has 0 bridgehead atoms. The number of nitrogens with one attached hydrogen (secondary N) is 1. The van der Waals surface area contributed by atoms with Gasteiger partial charge >= 0.3 is 0 Å². The van der Waals surface area contributed by atoms with Crippen molar-refractivity contribution in [1.29, 1.82) is 0 Å². The number of benzene rings is 1. The Morgan fingerprint density at radius 1 is 1.50 bits per heavy atom. The number of hydrogen-bond donors (Lipinski definition) is 2. The first-order valence-corrected chi connectivity index (χ1v) is 8.39. The molecule has 0 aliphatic heterocycles. The SMILES string of the molecule is CC1CCC(CN)(C(=O)Nc2ccc(Cl)cc2I)CC1. The van der Waals surface area contributed by atoms with E-state index in [1.165, 1.54) is 0 Å². The fourth-order valence-electron chi connectivity index (χ4n) is 2.68. The summed E-state index contributed by atoms with van der Waals surface area (Å²) >= 11 is 8.12. The zero-order valence-corrected chi connectivity index (χ0v) is 14.5. The maximum absolute atomic E-state index is 12.6. The minimum atomic E-state index is -0.408. The minimum absolute atomic E-state index is 0.0483. The first-order chi connectivity index (χ1) is 9.47. The van der Waals surface area contributed by atoms with E-state index in [2.05, 4.69) is 34.8 Å². The number of nitrogens with two attached hydrogens (primary N) is 1. The van der Waals surface area contributed by atoms with Crippen LogP contribution in [-0.4, -0.2) is 12.5 Å². The van der Waals surface area contributed by atoms with Crippen LogP contribution in [0, 0.1) is 14.9 Å². The predicted octanol–water partition coefficient (Wildman–Crippen LogP) is 4.04. The number of amides is 1. The van der Waals surface area contributed by atoms with Gasteiger partial charge in [-0.15, -0.1) is 0 Å². The molecule has 0 heterocycles. The number of carbonyl (C=O) groups excluding carboxylic acids is 1. The smallest absolute Gasteiger partial charge is 0.231 e. The van der Waals surface area contributed by atoms with Gasteiger partial charge in [0.1, 0.15) is 0 Å². The molecule has 2 rings (SSSR count). The molecule has 1 saturated carbocycles. The van der Waals surface area contributed by atoms with Gasteiger partial charge in [-0.3, -0.25) is 4.79 Å². The number of halogens is 2. The second-order valence-corrected chi connectivity index (χ2v) is 7.34. The Hall–Kier alpha value is -0.330. The molecule has 0 saturated heterocycles. The lowest BCUT2D eigenvalue weighted by molar-refractivity contribution is -0.127. The van der Waals surface area contributed by atoms with Gasteiger partial charge in [-0.05, 0) is 72.4 Å². The van der Waals surface area contributed by atoms with Gasteiger partial charge in [-0.1, -0.05) is 18.5 Å². The first-order valence-electron chi connectivity index (χ1n) is 6.93. The Balaban J connectivity index is 2.13. The third kappa shape index (κ3) is 3.46. The van der Waals surface area contributed by atoms with Crippen molar-refractivity contribution in [2.45, 2.75) is 32.6 Å². The van der Waals surface area contributed by atoms with E-state index in [1.54, 1.807) is 6.07 Å². The maximum atomic E-state index is 12.6. The zero-order chi connectivity index (χ0) is 14.8. The van der Waals surface area contributed by atoms with Crippen molar-refractivity contribution in [2.24, 2.45) is 17.1 Å². The molecule has 1 aromatic carbocycles. The van der Waals surface area contributed by atoms with E-state index in [0.29, 0.717) is 17.5 Å². The molecule has 1 aliphatic carbocycles. The number of carbonyl (C=O) groups is 1. The highest BCUT2D eigenvalue weighted by Crippen LogP contribution is 2.39. The Bertz CT molecular complexity index is 499. The topological polar surface area (TPSA) is 55.1 Å². The van der Waals surface area contributed by atoms with Crippen molar-refractivity contribution in [2.75, 3.05) is 11.9 Å². The van der Waals surface area contributed by atoms with Gasteiger partial charge < -0.3 is 11.1 Å². The molecule has 20 heavy (non-hydrogen) atoms. The Kier molecular flexibility index (Phi) is 5.31. The summed E-state index contributed by atoms with van der Waals surface area (Å²) in [6, 6.07) is 5.48. The highest BCUT2D eigenvalue weighted by molar-refractivity contribution is 14.1. The molecule has 1 fully saturated rings. The summed E-state index contributed by atoms with van der Waals surface area (Å²) < 4.78 is 0.944. The standard InChI is InChI=1S/C15H20ClIN2O/c1-10-4-6-15(9-18,7-5-10)14(20)19-13-3-2-11(16)8-12(13)17/h2-3,8,10H,4-7,9,18H2,1H3,(H,19,20). The summed E-state index contributed by atoms with van der Waals surface area (Å²) in [4.78, 5) is 12.6. The third-order valence-electron chi connectivity index (χ3n) is 4.28. The molecule has 1 aliphatic rings. The van der Waals surface area contributed by atoms with Crippen LogP contribution in [0.3, 0.4) is 0 Å². The van der Waals surface area contributed by atoms with E-state index in [0.717, 1.165) is 34.9 Å². The molecule has 0 atom stereocenters. The van der Waals surface area contributed by atoms with Gasteiger partial charge in [0, 0.05) is 15.1 Å². The average Bonchev–Trinajstić information content (AvgIpc) is 2.43. The molecule has 1 aromatic rings. The summed E-state index contributed by atoms with van der Waals surface area (Å²) in [5.74, 6) is 0.741. The summed E-state index contributed by atoms with van der Waals surface area (Å²) in [5, 5.41) is 3.70. The molecule has 0 radical (unpaired) electrons. The van der Waals surface area contributed by atoms with Crippen LogP contribution >= 0.6 is 34.2 Å². The lowest BCUT2D eigenvalue weighted by Gasteiger charge is -2.37. The van der Waals surface area contributed by atoms with Crippen molar-refractivity contribution in [1.82, 2.24) is 0 Å². The Labute approximate surface area is 138 Å². The lowest BCUT2D eigenvalue weighted by atomic mass is 9.70. The van der Waals surface area contributed by atoms with E-state index in [1.807, 2.05) is 12.1 Å². The molecule has 3 N–H and O–H groups in total. The fourth-order valence-corrected chi connectivity index (χ4v) is 3.69. The highest BCUT2D eigenvalue weighted by Gasteiger charge is 2.39. The van der Waals surface area contributed by atoms with Gasteiger partial charge in [0.2, 0.25) is 5.91 Å². The lowest BCUT2D eigenvalue weighted by Crippen LogP contribution is -2.44. The van der Waals surface area contributed by atoms with Crippen molar-refractivity contribution in [3.8, 4) is 0 Å². The number of rotatable bonds is 3. The maximum Gasteiger partial charge on any atom is 0.231 e. The normalized spacial score (nSPS) is 26.3. The van der Waals surface area contributed by atoms with Crippen LogP contribution in [0.4, 0.5) is 5.69 Å². The Morgan fingerprint density at radius 3 is 2.70 bits per heavy atom. The van der Waals surface area contributed by atoms with E-state index in [-0.39, 0.29) is 5.91 Å². The van der Waals surface area contributed by atoms with Crippen molar-refractivity contribution in [3.05, 3.63) is 26.8 Å². The molecule has 110 valence electrons.